The Labute approximate surface area is 173 Å². The van der Waals surface area contributed by atoms with E-state index in [9.17, 15) is 14.4 Å². The standard InChI is InChI=1S/C22H25N3O5/c1-4-29-22(28)18-15(3)30-20-19(18)21(27)25(13-23-20)12-17(26)24-14(2)10-11-16-8-6-5-7-9-16/h5-9,13-14H,4,10-12H2,1-3H3,(H,24,26)/t14-/m1/s1. The maximum Gasteiger partial charge on any atom is 0.342 e. The van der Waals surface area contributed by atoms with Crippen molar-refractivity contribution in [1.29, 1.82) is 0 Å². The highest BCUT2D eigenvalue weighted by Gasteiger charge is 2.24. The van der Waals surface area contributed by atoms with Gasteiger partial charge in [-0.05, 0) is 39.2 Å². The third-order valence-corrected chi connectivity index (χ3v) is 4.76. The van der Waals surface area contributed by atoms with Crippen LogP contribution in [0.15, 0.2) is 45.9 Å². The first-order valence-corrected chi connectivity index (χ1v) is 9.89. The van der Waals surface area contributed by atoms with Crippen LogP contribution < -0.4 is 10.9 Å². The molecule has 0 unspecified atom stereocenters. The minimum Gasteiger partial charge on any atom is -0.462 e. The molecular weight excluding hydrogens is 386 g/mol. The molecule has 0 aliphatic heterocycles. The lowest BCUT2D eigenvalue weighted by Gasteiger charge is -2.14. The van der Waals surface area contributed by atoms with Crippen molar-refractivity contribution in [2.45, 2.75) is 46.2 Å². The van der Waals surface area contributed by atoms with E-state index in [-0.39, 0.29) is 47.5 Å². The van der Waals surface area contributed by atoms with Crippen molar-refractivity contribution in [1.82, 2.24) is 14.9 Å². The summed E-state index contributed by atoms with van der Waals surface area (Å²) in [5.74, 6) is -0.703. The molecule has 30 heavy (non-hydrogen) atoms. The highest BCUT2D eigenvalue weighted by atomic mass is 16.5. The van der Waals surface area contributed by atoms with Crippen LogP contribution in [0.3, 0.4) is 0 Å². The van der Waals surface area contributed by atoms with Crippen LogP contribution in [0.25, 0.3) is 11.1 Å². The normalized spacial score (nSPS) is 12.0. The number of carbonyl (C=O) groups excluding carboxylic acids is 2. The van der Waals surface area contributed by atoms with Gasteiger partial charge in [0, 0.05) is 6.04 Å². The van der Waals surface area contributed by atoms with Gasteiger partial charge in [0.2, 0.25) is 11.6 Å². The highest BCUT2D eigenvalue weighted by molar-refractivity contribution is 6.03. The smallest absolute Gasteiger partial charge is 0.342 e. The van der Waals surface area contributed by atoms with Crippen LogP contribution in [0.4, 0.5) is 0 Å². The second-order valence-corrected chi connectivity index (χ2v) is 7.10. The van der Waals surface area contributed by atoms with E-state index >= 15 is 0 Å². The van der Waals surface area contributed by atoms with Crippen LogP contribution in [0, 0.1) is 6.92 Å². The largest absolute Gasteiger partial charge is 0.462 e. The van der Waals surface area contributed by atoms with E-state index in [1.54, 1.807) is 13.8 Å². The number of furan rings is 1. The minimum atomic E-state index is -0.649. The number of benzene rings is 1. The Balaban J connectivity index is 1.71. The molecule has 0 spiro atoms. The summed E-state index contributed by atoms with van der Waals surface area (Å²) in [6.07, 6.45) is 2.86. The van der Waals surface area contributed by atoms with Crippen molar-refractivity contribution in [2.75, 3.05) is 6.61 Å². The van der Waals surface area contributed by atoms with Gasteiger partial charge in [0.1, 0.15) is 29.6 Å². The fourth-order valence-electron chi connectivity index (χ4n) is 3.27. The molecular formula is C22H25N3O5. The van der Waals surface area contributed by atoms with Gasteiger partial charge in [-0.15, -0.1) is 0 Å². The molecule has 0 saturated carbocycles. The topological polar surface area (TPSA) is 103 Å². The van der Waals surface area contributed by atoms with Crippen molar-refractivity contribution in [2.24, 2.45) is 0 Å². The first kappa shape index (κ1) is 21.3. The molecule has 1 amide bonds. The average Bonchev–Trinajstić information content (AvgIpc) is 3.06. The molecule has 3 aromatic rings. The zero-order valence-electron chi connectivity index (χ0n) is 17.3. The van der Waals surface area contributed by atoms with E-state index in [0.29, 0.717) is 0 Å². The summed E-state index contributed by atoms with van der Waals surface area (Å²) < 4.78 is 11.6. The van der Waals surface area contributed by atoms with Gasteiger partial charge in [0.05, 0.1) is 6.61 Å². The molecule has 0 bridgehead atoms. The molecule has 1 atom stereocenters. The predicted octanol–water partition coefficient (Wildman–Crippen LogP) is 2.61. The molecule has 0 aliphatic rings. The van der Waals surface area contributed by atoms with Crippen LogP contribution >= 0.6 is 0 Å². The number of fused-ring (bicyclic) bond motifs is 1. The van der Waals surface area contributed by atoms with E-state index in [1.807, 2.05) is 37.3 Å². The molecule has 3 rings (SSSR count). The van der Waals surface area contributed by atoms with E-state index in [1.165, 1.54) is 16.5 Å². The number of amides is 1. The molecule has 2 aromatic heterocycles. The second-order valence-electron chi connectivity index (χ2n) is 7.10. The van der Waals surface area contributed by atoms with Gasteiger partial charge in [-0.1, -0.05) is 30.3 Å². The number of hydrogen-bond acceptors (Lipinski definition) is 6. The molecule has 2 heterocycles. The zero-order valence-corrected chi connectivity index (χ0v) is 17.3. The summed E-state index contributed by atoms with van der Waals surface area (Å²) in [4.78, 5) is 41.6. The van der Waals surface area contributed by atoms with E-state index < -0.39 is 11.5 Å². The number of hydrogen-bond donors (Lipinski definition) is 1. The first-order chi connectivity index (χ1) is 14.4. The Morgan fingerprint density at radius 1 is 1.27 bits per heavy atom. The molecule has 158 valence electrons. The lowest BCUT2D eigenvalue weighted by Crippen LogP contribution is -2.37. The maximum atomic E-state index is 12.9. The van der Waals surface area contributed by atoms with Crippen molar-refractivity contribution in [3.63, 3.8) is 0 Å². The number of nitrogens with one attached hydrogen (secondary N) is 1. The van der Waals surface area contributed by atoms with Crippen LogP contribution in [-0.2, 0) is 22.5 Å². The van der Waals surface area contributed by atoms with Gasteiger partial charge in [-0.25, -0.2) is 9.78 Å². The Morgan fingerprint density at radius 3 is 2.70 bits per heavy atom. The molecule has 8 heteroatoms. The summed E-state index contributed by atoms with van der Waals surface area (Å²) in [5.41, 5.74) is 0.780. The quantitative estimate of drug-likeness (QED) is 0.572. The summed E-state index contributed by atoms with van der Waals surface area (Å²) in [6.45, 7) is 5.13. The Morgan fingerprint density at radius 2 is 2.00 bits per heavy atom. The monoisotopic (exact) mass is 411 g/mol. The molecule has 1 N–H and O–H groups in total. The van der Waals surface area contributed by atoms with E-state index in [2.05, 4.69) is 10.3 Å². The molecule has 0 radical (unpaired) electrons. The number of rotatable bonds is 8. The zero-order chi connectivity index (χ0) is 21.7. The summed E-state index contributed by atoms with van der Waals surface area (Å²) >= 11 is 0. The third kappa shape index (κ3) is 4.76. The molecule has 1 aromatic carbocycles. The van der Waals surface area contributed by atoms with Crippen molar-refractivity contribution in [3.05, 3.63) is 63.9 Å². The second kappa shape index (κ2) is 9.39. The van der Waals surface area contributed by atoms with Gasteiger partial charge < -0.3 is 14.5 Å². The van der Waals surface area contributed by atoms with Crippen molar-refractivity contribution in [3.8, 4) is 0 Å². The number of aryl methyl sites for hydroxylation is 2. The van der Waals surface area contributed by atoms with Gasteiger partial charge in [-0.2, -0.15) is 0 Å². The van der Waals surface area contributed by atoms with Crippen LogP contribution in [0.5, 0.6) is 0 Å². The van der Waals surface area contributed by atoms with Gasteiger partial charge in [0.15, 0.2) is 0 Å². The Kier molecular flexibility index (Phi) is 6.66. The Hall–Kier alpha value is -3.42. The Bertz CT molecular complexity index is 1100. The van der Waals surface area contributed by atoms with Crippen molar-refractivity contribution < 1.29 is 18.7 Å². The van der Waals surface area contributed by atoms with E-state index in [0.717, 1.165) is 12.8 Å². The molecule has 0 aliphatic carbocycles. The summed E-state index contributed by atoms with van der Waals surface area (Å²) in [5, 5.41) is 2.92. The highest BCUT2D eigenvalue weighted by Crippen LogP contribution is 2.21. The van der Waals surface area contributed by atoms with Crippen LogP contribution in [0.2, 0.25) is 0 Å². The van der Waals surface area contributed by atoms with Crippen LogP contribution in [-0.4, -0.2) is 34.1 Å². The molecule has 0 fully saturated rings. The maximum absolute atomic E-state index is 12.9. The van der Waals surface area contributed by atoms with Crippen LogP contribution in [0.1, 0.15) is 41.9 Å². The molecule has 0 saturated heterocycles. The average molecular weight is 411 g/mol. The number of nitrogens with zero attached hydrogens (tertiary/aromatic N) is 2. The number of ether oxygens (including phenoxy) is 1. The lowest BCUT2D eigenvalue weighted by atomic mass is 10.1. The SMILES string of the molecule is CCOC(=O)c1c(C)oc2ncn(CC(=O)N[C@H](C)CCc3ccccc3)c(=O)c12. The van der Waals surface area contributed by atoms with E-state index in [4.69, 9.17) is 9.15 Å². The number of aromatic nitrogens is 2. The fraction of sp³-hybridized carbons (Fsp3) is 0.364. The minimum absolute atomic E-state index is 0.0263. The summed E-state index contributed by atoms with van der Waals surface area (Å²) in [6, 6.07) is 9.96. The summed E-state index contributed by atoms with van der Waals surface area (Å²) in [7, 11) is 0. The first-order valence-electron chi connectivity index (χ1n) is 9.89. The lowest BCUT2D eigenvalue weighted by molar-refractivity contribution is -0.122. The third-order valence-electron chi connectivity index (χ3n) is 4.76. The predicted molar refractivity (Wildman–Crippen MR) is 111 cm³/mol. The van der Waals surface area contributed by atoms with Crippen molar-refractivity contribution >= 4 is 23.0 Å². The molecule has 8 nitrogen and oxygen atoms in total. The number of esters is 1. The van der Waals surface area contributed by atoms with Gasteiger partial charge in [0.25, 0.3) is 5.56 Å². The number of carbonyl (C=O) groups is 2. The fourth-order valence-corrected chi connectivity index (χ4v) is 3.27. The van der Waals surface area contributed by atoms with Gasteiger partial charge >= 0.3 is 5.97 Å². The van der Waals surface area contributed by atoms with Gasteiger partial charge in [-0.3, -0.25) is 14.2 Å².